The minimum Gasteiger partial charge on any atom is -0.324 e. The second kappa shape index (κ2) is 7.97. The first-order chi connectivity index (χ1) is 15.0. The SMILES string of the molecule is Cc1ccc(NC(=O)CN2C(=O)C(C)(C)c3cc(S(=O)(=O)N4CCCC4)ccc32)cc1F. The Bertz CT molecular complexity index is 1200. The molecule has 1 N–H and O–H groups in total. The van der Waals surface area contributed by atoms with Crippen LogP contribution >= 0.6 is 0 Å². The first-order valence-electron chi connectivity index (χ1n) is 10.5. The van der Waals surface area contributed by atoms with Gasteiger partial charge in [-0.3, -0.25) is 9.59 Å². The molecule has 1 fully saturated rings. The van der Waals surface area contributed by atoms with Crippen molar-refractivity contribution in [3.8, 4) is 0 Å². The van der Waals surface area contributed by atoms with Crippen molar-refractivity contribution in [3.05, 3.63) is 53.3 Å². The van der Waals surface area contributed by atoms with Crippen LogP contribution < -0.4 is 10.2 Å². The van der Waals surface area contributed by atoms with Crippen LogP contribution in [0.3, 0.4) is 0 Å². The maximum absolute atomic E-state index is 13.8. The number of anilines is 2. The van der Waals surface area contributed by atoms with Crippen molar-refractivity contribution in [3.63, 3.8) is 0 Å². The molecule has 0 saturated carbocycles. The van der Waals surface area contributed by atoms with Gasteiger partial charge in [-0.2, -0.15) is 4.31 Å². The Balaban J connectivity index is 1.60. The van der Waals surface area contributed by atoms with Gasteiger partial charge in [-0.25, -0.2) is 12.8 Å². The molecule has 2 aliphatic rings. The van der Waals surface area contributed by atoms with Crippen LogP contribution in [0.4, 0.5) is 15.8 Å². The number of carbonyl (C=O) groups excluding carboxylic acids is 2. The fourth-order valence-corrected chi connectivity index (χ4v) is 5.77. The summed E-state index contributed by atoms with van der Waals surface area (Å²) in [5, 5.41) is 2.61. The summed E-state index contributed by atoms with van der Waals surface area (Å²) >= 11 is 0. The molecule has 2 heterocycles. The van der Waals surface area contributed by atoms with E-state index in [-0.39, 0.29) is 17.3 Å². The number of nitrogens with zero attached hydrogens (tertiary/aromatic N) is 2. The van der Waals surface area contributed by atoms with Gasteiger partial charge in [-0.05, 0) is 75.1 Å². The standard InChI is InChI=1S/C23H26FN3O4S/c1-15-6-7-16(12-19(15)24)25-21(28)14-27-20-9-8-17(13-18(20)23(2,3)22(27)29)32(30,31)26-10-4-5-11-26/h6-9,12-13H,4-5,10-11,14H2,1-3H3,(H,25,28). The maximum Gasteiger partial charge on any atom is 0.244 e. The van der Waals surface area contributed by atoms with E-state index in [1.54, 1.807) is 45.0 Å². The predicted octanol–water partition coefficient (Wildman–Crippen LogP) is 3.18. The molecule has 0 atom stereocenters. The topological polar surface area (TPSA) is 86.8 Å². The highest BCUT2D eigenvalue weighted by Crippen LogP contribution is 2.43. The lowest BCUT2D eigenvalue weighted by Gasteiger charge is -2.20. The van der Waals surface area contributed by atoms with Crippen molar-refractivity contribution < 1.29 is 22.4 Å². The molecule has 4 rings (SSSR count). The molecule has 9 heteroatoms. The van der Waals surface area contributed by atoms with Gasteiger partial charge in [-0.1, -0.05) is 6.07 Å². The number of benzene rings is 2. The normalized spacial score (nSPS) is 18.1. The quantitative estimate of drug-likeness (QED) is 0.744. The van der Waals surface area contributed by atoms with Gasteiger partial charge in [0.25, 0.3) is 0 Å². The minimum absolute atomic E-state index is 0.153. The molecular formula is C23H26FN3O4S. The molecule has 0 aromatic heterocycles. The van der Waals surface area contributed by atoms with Crippen LogP contribution in [0, 0.1) is 12.7 Å². The van der Waals surface area contributed by atoms with Crippen LogP contribution in [0.5, 0.6) is 0 Å². The van der Waals surface area contributed by atoms with E-state index < -0.39 is 27.2 Å². The lowest BCUT2D eigenvalue weighted by atomic mass is 9.86. The number of amides is 2. The van der Waals surface area contributed by atoms with Crippen molar-refractivity contribution in [2.45, 2.75) is 43.9 Å². The third-order valence-electron chi connectivity index (χ3n) is 6.17. The number of aryl methyl sites for hydroxylation is 1. The minimum atomic E-state index is -3.63. The molecule has 2 amide bonds. The molecule has 7 nitrogen and oxygen atoms in total. The molecule has 2 aliphatic heterocycles. The summed E-state index contributed by atoms with van der Waals surface area (Å²) in [6.45, 7) is 5.78. The first-order valence-corrected chi connectivity index (χ1v) is 12.0. The molecule has 2 aromatic carbocycles. The highest BCUT2D eigenvalue weighted by Gasteiger charge is 2.45. The molecule has 1 saturated heterocycles. The first kappa shape index (κ1) is 22.4. The van der Waals surface area contributed by atoms with Gasteiger partial charge in [0.1, 0.15) is 12.4 Å². The third kappa shape index (κ3) is 3.80. The van der Waals surface area contributed by atoms with E-state index in [1.807, 2.05) is 0 Å². The van der Waals surface area contributed by atoms with E-state index in [4.69, 9.17) is 0 Å². The Morgan fingerprint density at radius 1 is 1.12 bits per heavy atom. The van der Waals surface area contributed by atoms with Gasteiger partial charge in [-0.15, -0.1) is 0 Å². The monoisotopic (exact) mass is 459 g/mol. The zero-order valence-electron chi connectivity index (χ0n) is 18.3. The largest absolute Gasteiger partial charge is 0.324 e. The van der Waals surface area contributed by atoms with Crippen LogP contribution in [0.15, 0.2) is 41.3 Å². The molecule has 0 spiro atoms. The van der Waals surface area contributed by atoms with E-state index >= 15 is 0 Å². The molecule has 170 valence electrons. The number of carbonyl (C=O) groups is 2. The fourth-order valence-electron chi connectivity index (χ4n) is 4.22. The smallest absolute Gasteiger partial charge is 0.244 e. The summed E-state index contributed by atoms with van der Waals surface area (Å²) < 4.78 is 41.2. The Morgan fingerprint density at radius 3 is 2.47 bits per heavy atom. The Hall–Kier alpha value is -2.78. The van der Waals surface area contributed by atoms with Gasteiger partial charge in [0, 0.05) is 24.5 Å². The molecule has 32 heavy (non-hydrogen) atoms. The lowest BCUT2D eigenvalue weighted by Crippen LogP contribution is -2.40. The number of sulfonamides is 1. The summed E-state index contributed by atoms with van der Waals surface area (Å²) in [5.74, 6) is -1.20. The van der Waals surface area contributed by atoms with Gasteiger partial charge in [0.05, 0.1) is 10.3 Å². The highest BCUT2D eigenvalue weighted by molar-refractivity contribution is 7.89. The van der Waals surface area contributed by atoms with Gasteiger partial charge < -0.3 is 10.2 Å². The molecule has 0 aliphatic carbocycles. The average Bonchev–Trinajstić information content (AvgIpc) is 3.34. The zero-order chi connectivity index (χ0) is 23.3. The number of nitrogens with one attached hydrogen (secondary N) is 1. The second-order valence-electron chi connectivity index (χ2n) is 8.82. The van der Waals surface area contributed by atoms with E-state index in [0.29, 0.717) is 35.6 Å². The lowest BCUT2D eigenvalue weighted by molar-refractivity contribution is -0.124. The van der Waals surface area contributed by atoms with Crippen molar-refractivity contribution in [1.29, 1.82) is 0 Å². The number of fused-ring (bicyclic) bond motifs is 1. The number of hydrogen-bond donors (Lipinski definition) is 1. The molecule has 2 aromatic rings. The van der Waals surface area contributed by atoms with E-state index in [0.717, 1.165) is 12.8 Å². The fraction of sp³-hybridized carbons (Fsp3) is 0.391. The van der Waals surface area contributed by atoms with Gasteiger partial charge in [0.2, 0.25) is 21.8 Å². The zero-order valence-corrected chi connectivity index (χ0v) is 19.1. The van der Waals surface area contributed by atoms with Crippen molar-refractivity contribution in [2.75, 3.05) is 29.9 Å². The van der Waals surface area contributed by atoms with Crippen molar-refractivity contribution in [2.24, 2.45) is 0 Å². The average molecular weight is 460 g/mol. The van der Waals surface area contributed by atoms with Crippen LogP contribution in [-0.4, -0.2) is 44.2 Å². The van der Waals surface area contributed by atoms with Crippen molar-refractivity contribution >= 4 is 33.2 Å². The second-order valence-corrected chi connectivity index (χ2v) is 10.8. The Kier molecular flexibility index (Phi) is 5.58. The maximum atomic E-state index is 13.8. The Labute approximate surface area is 187 Å². The van der Waals surface area contributed by atoms with Crippen LogP contribution in [-0.2, 0) is 25.0 Å². The number of rotatable bonds is 5. The van der Waals surface area contributed by atoms with Crippen LogP contribution in [0.2, 0.25) is 0 Å². The van der Waals surface area contributed by atoms with Gasteiger partial charge in [0.15, 0.2) is 0 Å². The number of halogens is 1. The number of hydrogen-bond acceptors (Lipinski definition) is 4. The summed E-state index contributed by atoms with van der Waals surface area (Å²) in [6, 6.07) is 9.01. The highest BCUT2D eigenvalue weighted by atomic mass is 32.2. The van der Waals surface area contributed by atoms with E-state index in [1.165, 1.54) is 21.3 Å². The molecular weight excluding hydrogens is 433 g/mol. The Morgan fingerprint density at radius 2 is 1.81 bits per heavy atom. The summed E-state index contributed by atoms with van der Waals surface area (Å²) in [5.41, 5.74) is 0.856. The van der Waals surface area contributed by atoms with Gasteiger partial charge >= 0.3 is 0 Å². The van der Waals surface area contributed by atoms with Crippen LogP contribution in [0.1, 0.15) is 37.8 Å². The molecule has 0 unspecified atom stereocenters. The van der Waals surface area contributed by atoms with Crippen LogP contribution in [0.25, 0.3) is 0 Å². The van der Waals surface area contributed by atoms with Crippen molar-refractivity contribution in [1.82, 2.24) is 4.31 Å². The van der Waals surface area contributed by atoms with E-state index in [9.17, 15) is 22.4 Å². The summed E-state index contributed by atoms with van der Waals surface area (Å²) in [6.07, 6.45) is 1.67. The summed E-state index contributed by atoms with van der Waals surface area (Å²) in [4.78, 5) is 27.2. The third-order valence-corrected chi connectivity index (χ3v) is 8.07. The van der Waals surface area contributed by atoms with E-state index in [2.05, 4.69) is 5.32 Å². The summed E-state index contributed by atoms with van der Waals surface area (Å²) in [7, 11) is -3.63. The predicted molar refractivity (Wildman–Crippen MR) is 120 cm³/mol. The molecule has 0 radical (unpaired) electrons. The molecule has 0 bridgehead atoms.